The van der Waals surface area contributed by atoms with Gasteiger partial charge in [-0.25, -0.2) is 13.6 Å². The van der Waals surface area contributed by atoms with Crippen molar-refractivity contribution < 1.29 is 18.3 Å². The van der Waals surface area contributed by atoms with Gasteiger partial charge in [0.2, 0.25) is 0 Å². The third-order valence-corrected chi connectivity index (χ3v) is 2.87. The molecule has 90 valence electrons. The molecule has 0 saturated carbocycles. The maximum Gasteiger partial charge on any atom is 0.338 e. The fraction of sp³-hybridized carbons (Fsp3) is 0.273. The summed E-state index contributed by atoms with van der Waals surface area (Å²) < 4.78 is 30.3. The molecule has 0 bridgehead atoms. The van der Waals surface area contributed by atoms with Gasteiger partial charge in [-0.3, -0.25) is 0 Å². The lowest BCUT2D eigenvalue weighted by Crippen LogP contribution is -2.09. The van der Waals surface area contributed by atoms with Crippen LogP contribution >= 0.6 is 15.9 Å². The molecule has 0 aliphatic heterocycles. The Hall–Kier alpha value is -1.48. The van der Waals surface area contributed by atoms with Gasteiger partial charge in [-0.05, 0) is 35.0 Å². The molecular weight excluding hydrogens is 296 g/mol. The summed E-state index contributed by atoms with van der Waals surface area (Å²) in [6, 6.07) is 4.22. The Balaban J connectivity index is 3.37. The van der Waals surface area contributed by atoms with Crippen LogP contribution in [0.1, 0.15) is 34.8 Å². The van der Waals surface area contributed by atoms with Gasteiger partial charge in [0.1, 0.15) is 6.07 Å². The third-order valence-electron chi connectivity index (χ3n) is 2.01. The van der Waals surface area contributed by atoms with Crippen molar-refractivity contribution in [1.29, 1.82) is 5.26 Å². The van der Waals surface area contributed by atoms with Gasteiger partial charge in [-0.1, -0.05) is 0 Å². The first-order valence-corrected chi connectivity index (χ1v) is 5.50. The summed E-state index contributed by atoms with van der Waals surface area (Å²) >= 11 is 2.90. The van der Waals surface area contributed by atoms with Crippen LogP contribution in [0.2, 0.25) is 0 Å². The molecule has 0 atom stereocenters. The minimum absolute atomic E-state index is 0.0494. The highest BCUT2D eigenvalue weighted by Gasteiger charge is 2.24. The number of nitriles is 1. The van der Waals surface area contributed by atoms with Gasteiger partial charge in [0.05, 0.1) is 17.7 Å². The Morgan fingerprint density at radius 3 is 2.71 bits per heavy atom. The average molecular weight is 304 g/mol. The van der Waals surface area contributed by atoms with Crippen molar-refractivity contribution in [3.63, 3.8) is 0 Å². The van der Waals surface area contributed by atoms with Crippen LogP contribution in [-0.2, 0) is 4.74 Å². The van der Waals surface area contributed by atoms with Crippen LogP contribution in [0.3, 0.4) is 0 Å². The normalized spacial score (nSPS) is 10.1. The number of rotatable bonds is 3. The van der Waals surface area contributed by atoms with Crippen molar-refractivity contribution in [3.05, 3.63) is 33.3 Å². The van der Waals surface area contributed by atoms with Gasteiger partial charge in [0.25, 0.3) is 6.43 Å². The number of carbonyl (C=O) groups is 1. The zero-order valence-electron chi connectivity index (χ0n) is 8.84. The second kappa shape index (κ2) is 5.73. The topological polar surface area (TPSA) is 50.1 Å². The fourth-order valence-electron chi connectivity index (χ4n) is 1.28. The van der Waals surface area contributed by atoms with Crippen molar-refractivity contribution in [2.45, 2.75) is 13.3 Å². The number of benzene rings is 1. The minimum atomic E-state index is -2.86. The van der Waals surface area contributed by atoms with Gasteiger partial charge in [-0.2, -0.15) is 5.26 Å². The first kappa shape index (κ1) is 13.6. The third kappa shape index (κ3) is 2.80. The van der Waals surface area contributed by atoms with Crippen LogP contribution in [-0.4, -0.2) is 12.6 Å². The summed E-state index contributed by atoms with van der Waals surface area (Å²) in [5.74, 6) is -0.826. The highest BCUT2D eigenvalue weighted by molar-refractivity contribution is 9.10. The highest BCUT2D eigenvalue weighted by Crippen LogP contribution is 2.33. The molecule has 0 aromatic heterocycles. The Kier molecular flexibility index (Phi) is 4.58. The predicted octanol–water partition coefficient (Wildman–Crippen LogP) is 3.44. The van der Waals surface area contributed by atoms with Crippen molar-refractivity contribution in [1.82, 2.24) is 0 Å². The summed E-state index contributed by atoms with van der Waals surface area (Å²) in [6.45, 7) is 1.68. The van der Waals surface area contributed by atoms with E-state index in [0.29, 0.717) is 0 Å². The second-order valence-corrected chi connectivity index (χ2v) is 3.81. The summed E-state index contributed by atoms with van der Waals surface area (Å²) in [5.41, 5.74) is -0.691. The van der Waals surface area contributed by atoms with Gasteiger partial charge >= 0.3 is 5.97 Å². The fourth-order valence-corrected chi connectivity index (χ4v) is 1.89. The van der Waals surface area contributed by atoms with Crippen LogP contribution < -0.4 is 0 Å². The maximum absolute atomic E-state index is 12.9. The van der Waals surface area contributed by atoms with Crippen molar-refractivity contribution in [3.8, 4) is 6.07 Å². The standard InChI is InChI=1S/C11H8BrF2NO2/c1-2-17-11(16)7-4-3-6(5-15)9(12)8(7)10(13)14/h3-4,10H,2H2,1H3. The molecule has 0 heterocycles. The first-order chi connectivity index (χ1) is 8.02. The largest absolute Gasteiger partial charge is 0.462 e. The Morgan fingerprint density at radius 1 is 1.59 bits per heavy atom. The molecule has 0 saturated heterocycles. The molecule has 1 aromatic carbocycles. The number of hydrogen-bond acceptors (Lipinski definition) is 3. The molecule has 0 aliphatic carbocycles. The number of hydrogen-bond donors (Lipinski definition) is 0. The molecule has 0 radical (unpaired) electrons. The zero-order chi connectivity index (χ0) is 13.0. The number of nitrogens with zero attached hydrogens (tertiary/aromatic N) is 1. The van der Waals surface area contributed by atoms with Crippen molar-refractivity contribution in [2.24, 2.45) is 0 Å². The Labute approximate surface area is 105 Å². The summed E-state index contributed by atoms with van der Waals surface area (Å²) in [7, 11) is 0. The van der Waals surface area contributed by atoms with E-state index in [-0.39, 0.29) is 22.2 Å². The number of esters is 1. The molecule has 0 N–H and O–H groups in total. The monoisotopic (exact) mass is 303 g/mol. The Bertz CT molecular complexity index is 483. The van der Waals surface area contributed by atoms with E-state index in [0.717, 1.165) is 0 Å². The Morgan fingerprint density at radius 2 is 2.24 bits per heavy atom. The van der Waals surface area contributed by atoms with E-state index < -0.39 is 18.0 Å². The minimum Gasteiger partial charge on any atom is -0.462 e. The van der Waals surface area contributed by atoms with Crippen LogP contribution in [0.4, 0.5) is 8.78 Å². The molecular formula is C11H8BrF2NO2. The molecule has 6 heteroatoms. The maximum atomic E-state index is 12.9. The number of halogens is 3. The lowest BCUT2D eigenvalue weighted by molar-refractivity contribution is 0.0515. The summed E-state index contributed by atoms with van der Waals surface area (Å²) in [5, 5.41) is 8.72. The molecule has 17 heavy (non-hydrogen) atoms. The average Bonchev–Trinajstić information content (AvgIpc) is 2.28. The second-order valence-electron chi connectivity index (χ2n) is 3.02. The van der Waals surface area contributed by atoms with Gasteiger partial charge in [-0.15, -0.1) is 0 Å². The first-order valence-electron chi connectivity index (χ1n) is 4.70. The lowest BCUT2D eigenvalue weighted by Gasteiger charge is -2.11. The van der Waals surface area contributed by atoms with Gasteiger partial charge < -0.3 is 4.74 Å². The number of alkyl halides is 2. The smallest absolute Gasteiger partial charge is 0.338 e. The molecule has 1 rings (SSSR count). The molecule has 3 nitrogen and oxygen atoms in total. The van der Waals surface area contributed by atoms with E-state index >= 15 is 0 Å². The van der Waals surface area contributed by atoms with E-state index in [1.165, 1.54) is 12.1 Å². The van der Waals surface area contributed by atoms with Crippen LogP contribution in [0.25, 0.3) is 0 Å². The van der Waals surface area contributed by atoms with E-state index in [1.54, 1.807) is 13.0 Å². The quantitative estimate of drug-likeness (QED) is 0.804. The van der Waals surface area contributed by atoms with Crippen LogP contribution in [0.5, 0.6) is 0 Å². The van der Waals surface area contributed by atoms with Crippen molar-refractivity contribution in [2.75, 3.05) is 6.61 Å². The van der Waals surface area contributed by atoms with E-state index in [9.17, 15) is 13.6 Å². The van der Waals surface area contributed by atoms with E-state index in [1.807, 2.05) is 0 Å². The molecule has 1 aromatic rings. The summed E-state index contributed by atoms with van der Waals surface area (Å²) in [6.07, 6.45) is -2.86. The summed E-state index contributed by atoms with van der Waals surface area (Å²) in [4.78, 5) is 11.5. The van der Waals surface area contributed by atoms with Crippen LogP contribution in [0.15, 0.2) is 16.6 Å². The van der Waals surface area contributed by atoms with Crippen molar-refractivity contribution >= 4 is 21.9 Å². The number of carbonyl (C=O) groups excluding carboxylic acids is 1. The molecule has 0 fully saturated rings. The molecule has 0 amide bonds. The predicted molar refractivity (Wildman–Crippen MR) is 59.8 cm³/mol. The lowest BCUT2D eigenvalue weighted by atomic mass is 10.0. The molecule has 0 unspecified atom stereocenters. The van der Waals surface area contributed by atoms with Gasteiger partial charge in [0, 0.05) is 10.0 Å². The van der Waals surface area contributed by atoms with E-state index in [2.05, 4.69) is 20.7 Å². The van der Waals surface area contributed by atoms with Crippen LogP contribution in [0, 0.1) is 11.3 Å². The molecule has 0 aliphatic rings. The zero-order valence-corrected chi connectivity index (χ0v) is 10.4. The number of ether oxygens (including phenoxy) is 1. The van der Waals surface area contributed by atoms with Gasteiger partial charge in [0.15, 0.2) is 0 Å². The highest BCUT2D eigenvalue weighted by atomic mass is 79.9. The molecule has 0 spiro atoms. The SMILES string of the molecule is CCOC(=O)c1ccc(C#N)c(Br)c1C(F)F. The van der Waals surface area contributed by atoms with E-state index in [4.69, 9.17) is 5.26 Å².